The van der Waals surface area contributed by atoms with Gasteiger partial charge in [0.1, 0.15) is 5.25 Å². The maximum absolute atomic E-state index is 12.8. The predicted molar refractivity (Wildman–Crippen MR) is 88.7 cm³/mol. The molecule has 1 aliphatic rings. The Morgan fingerprint density at radius 1 is 1.18 bits per heavy atom. The summed E-state index contributed by atoms with van der Waals surface area (Å²) in [5.41, 5.74) is 0.951. The van der Waals surface area contributed by atoms with Gasteiger partial charge in [0.25, 0.3) is 0 Å². The van der Waals surface area contributed by atoms with E-state index in [9.17, 15) is 9.59 Å². The van der Waals surface area contributed by atoms with Gasteiger partial charge in [0.05, 0.1) is 12.4 Å². The third-order valence-corrected chi connectivity index (χ3v) is 4.88. The minimum absolute atomic E-state index is 0.111. The molecule has 1 aromatic carbocycles. The van der Waals surface area contributed by atoms with Crippen molar-refractivity contribution in [3.63, 3.8) is 0 Å². The minimum atomic E-state index is -0.330. The number of piperidine rings is 1. The monoisotopic (exact) mass is 321 g/mol. The molecule has 1 aliphatic heterocycles. The van der Waals surface area contributed by atoms with Crippen molar-refractivity contribution in [3.05, 3.63) is 35.9 Å². The van der Waals surface area contributed by atoms with Gasteiger partial charge in [0, 0.05) is 13.1 Å². The summed E-state index contributed by atoms with van der Waals surface area (Å²) in [7, 11) is 0. The molecule has 4 nitrogen and oxygen atoms in total. The molecule has 5 heteroatoms. The van der Waals surface area contributed by atoms with Gasteiger partial charge in [-0.3, -0.25) is 9.59 Å². The van der Waals surface area contributed by atoms with Crippen LogP contribution in [0.2, 0.25) is 0 Å². The van der Waals surface area contributed by atoms with Gasteiger partial charge in [-0.2, -0.15) is 0 Å². The van der Waals surface area contributed by atoms with E-state index >= 15 is 0 Å². The molecule has 120 valence electrons. The van der Waals surface area contributed by atoms with Gasteiger partial charge in [-0.05, 0) is 31.7 Å². The molecule has 0 N–H and O–H groups in total. The molecule has 1 fully saturated rings. The van der Waals surface area contributed by atoms with E-state index in [0.717, 1.165) is 31.5 Å². The van der Waals surface area contributed by atoms with E-state index in [0.29, 0.717) is 6.61 Å². The zero-order chi connectivity index (χ0) is 15.8. The Morgan fingerprint density at radius 3 is 2.50 bits per heavy atom. The molecule has 0 radical (unpaired) electrons. The van der Waals surface area contributed by atoms with Crippen LogP contribution in [0.15, 0.2) is 30.3 Å². The Labute approximate surface area is 136 Å². The minimum Gasteiger partial charge on any atom is -0.465 e. The van der Waals surface area contributed by atoms with Crippen LogP contribution in [0.1, 0.15) is 37.0 Å². The molecular formula is C17H23NO3S. The van der Waals surface area contributed by atoms with Crippen LogP contribution in [0.4, 0.5) is 0 Å². The number of nitrogens with zero attached hydrogens (tertiary/aromatic N) is 1. The fourth-order valence-electron chi connectivity index (χ4n) is 2.57. The van der Waals surface area contributed by atoms with Crippen molar-refractivity contribution in [3.8, 4) is 0 Å². The molecule has 1 heterocycles. The Balaban J connectivity index is 2.07. The maximum atomic E-state index is 12.8. The van der Waals surface area contributed by atoms with E-state index < -0.39 is 0 Å². The highest BCUT2D eigenvalue weighted by atomic mass is 32.2. The van der Waals surface area contributed by atoms with E-state index in [1.54, 1.807) is 6.92 Å². The molecule has 0 aromatic heterocycles. The lowest BCUT2D eigenvalue weighted by Crippen LogP contribution is -2.38. The largest absolute Gasteiger partial charge is 0.465 e. The summed E-state index contributed by atoms with van der Waals surface area (Å²) in [5.74, 6) is 0.0487. The van der Waals surface area contributed by atoms with Crippen molar-refractivity contribution >= 4 is 23.6 Å². The molecule has 1 unspecified atom stereocenters. The van der Waals surface area contributed by atoms with E-state index in [1.807, 2.05) is 35.2 Å². The number of carbonyl (C=O) groups is 2. The van der Waals surface area contributed by atoms with Crippen LogP contribution >= 0.6 is 11.8 Å². The topological polar surface area (TPSA) is 46.6 Å². The number of hydrogen-bond acceptors (Lipinski definition) is 4. The van der Waals surface area contributed by atoms with Crippen LogP contribution in [0.3, 0.4) is 0 Å². The molecule has 1 amide bonds. The van der Waals surface area contributed by atoms with Crippen molar-refractivity contribution in [1.29, 1.82) is 0 Å². The first kappa shape index (κ1) is 16.9. The Hall–Kier alpha value is -1.49. The number of hydrogen-bond donors (Lipinski definition) is 0. The lowest BCUT2D eigenvalue weighted by molar-refractivity contribution is -0.139. The Bertz CT molecular complexity index is 486. The molecule has 22 heavy (non-hydrogen) atoms. The van der Waals surface area contributed by atoms with Crippen molar-refractivity contribution < 1.29 is 14.3 Å². The third-order valence-electron chi connectivity index (χ3n) is 3.67. The summed E-state index contributed by atoms with van der Waals surface area (Å²) in [6.07, 6.45) is 3.32. The van der Waals surface area contributed by atoms with Crippen LogP contribution in [0, 0.1) is 0 Å². The number of thioether (sulfide) groups is 1. The average molecular weight is 321 g/mol. The fourth-order valence-corrected chi connectivity index (χ4v) is 3.60. The molecular weight excluding hydrogens is 298 g/mol. The van der Waals surface area contributed by atoms with Gasteiger partial charge >= 0.3 is 5.97 Å². The highest BCUT2D eigenvalue weighted by molar-refractivity contribution is 8.00. The quantitative estimate of drug-likeness (QED) is 0.756. The molecule has 2 rings (SSSR count). The number of rotatable bonds is 6. The number of amides is 1. The molecule has 1 saturated heterocycles. The van der Waals surface area contributed by atoms with Crippen LogP contribution in [0.5, 0.6) is 0 Å². The zero-order valence-corrected chi connectivity index (χ0v) is 13.8. The van der Waals surface area contributed by atoms with Crippen LogP contribution < -0.4 is 0 Å². The Morgan fingerprint density at radius 2 is 1.86 bits per heavy atom. The van der Waals surface area contributed by atoms with Crippen molar-refractivity contribution in [2.24, 2.45) is 0 Å². The molecule has 1 atom stereocenters. The normalized spacial score (nSPS) is 16.1. The third kappa shape index (κ3) is 4.77. The summed E-state index contributed by atoms with van der Waals surface area (Å²) in [6.45, 7) is 3.80. The summed E-state index contributed by atoms with van der Waals surface area (Å²) < 4.78 is 4.97. The van der Waals surface area contributed by atoms with Crippen molar-refractivity contribution in [2.45, 2.75) is 31.4 Å². The summed E-state index contributed by atoms with van der Waals surface area (Å²) >= 11 is 1.36. The summed E-state index contributed by atoms with van der Waals surface area (Å²) in [5, 5.41) is -0.330. The summed E-state index contributed by atoms with van der Waals surface area (Å²) in [6, 6.07) is 9.69. The van der Waals surface area contributed by atoms with Gasteiger partial charge < -0.3 is 9.64 Å². The van der Waals surface area contributed by atoms with E-state index in [-0.39, 0.29) is 22.9 Å². The van der Waals surface area contributed by atoms with Crippen molar-refractivity contribution in [1.82, 2.24) is 4.90 Å². The van der Waals surface area contributed by atoms with Gasteiger partial charge in [-0.1, -0.05) is 30.3 Å². The highest BCUT2D eigenvalue weighted by Crippen LogP contribution is 2.31. The summed E-state index contributed by atoms with van der Waals surface area (Å²) in [4.78, 5) is 26.4. The molecule has 0 spiro atoms. The lowest BCUT2D eigenvalue weighted by Gasteiger charge is -2.30. The smallest absolute Gasteiger partial charge is 0.315 e. The lowest BCUT2D eigenvalue weighted by atomic mass is 10.1. The first-order valence-electron chi connectivity index (χ1n) is 7.83. The van der Waals surface area contributed by atoms with Crippen LogP contribution in [-0.2, 0) is 14.3 Å². The van der Waals surface area contributed by atoms with Crippen LogP contribution in [-0.4, -0.2) is 42.2 Å². The standard InChI is InChI=1S/C17H23NO3S/c1-2-21-15(19)13-22-16(14-9-5-3-6-10-14)17(20)18-11-7-4-8-12-18/h3,5-6,9-10,16H,2,4,7-8,11-13H2,1H3. The predicted octanol–water partition coefficient (Wildman–Crippen LogP) is 3.04. The number of carbonyl (C=O) groups excluding carboxylic acids is 2. The maximum Gasteiger partial charge on any atom is 0.315 e. The number of esters is 1. The van der Waals surface area contributed by atoms with Gasteiger partial charge in [0.15, 0.2) is 0 Å². The number of ether oxygens (including phenoxy) is 1. The fraction of sp³-hybridized carbons (Fsp3) is 0.529. The second kappa shape index (κ2) is 8.83. The Kier molecular flexibility index (Phi) is 6.77. The van der Waals surface area contributed by atoms with E-state index in [4.69, 9.17) is 4.74 Å². The van der Waals surface area contributed by atoms with E-state index in [1.165, 1.54) is 18.2 Å². The van der Waals surface area contributed by atoms with Gasteiger partial charge in [-0.15, -0.1) is 11.8 Å². The SMILES string of the molecule is CCOC(=O)CSC(C(=O)N1CCCCC1)c1ccccc1. The molecule has 0 bridgehead atoms. The van der Waals surface area contributed by atoms with Gasteiger partial charge in [0.2, 0.25) is 5.91 Å². The average Bonchev–Trinajstić information content (AvgIpc) is 2.57. The van der Waals surface area contributed by atoms with Gasteiger partial charge in [-0.25, -0.2) is 0 Å². The second-order valence-electron chi connectivity index (χ2n) is 5.29. The number of benzene rings is 1. The second-order valence-corrected chi connectivity index (χ2v) is 6.39. The zero-order valence-electron chi connectivity index (χ0n) is 13.0. The number of likely N-dealkylation sites (tertiary alicyclic amines) is 1. The highest BCUT2D eigenvalue weighted by Gasteiger charge is 2.28. The van der Waals surface area contributed by atoms with E-state index in [2.05, 4.69) is 0 Å². The molecule has 0 saturated carbocycles. The first-order valence-corrected chi connectivity index (χ1v) is 8.88. The van der Waals surface area contributed by atoms with Crippen LogP contribution in [0.25, 0.3) is 0 Å². The first-order chi connectivity index (χ1) is 10.7. The molecule has 1 aromatic rings. The molecule has 0 aliphatic carbocycles. The van der Waals surface area contributed by atoms with Crippen molar-refractivity contribution in [2.75, 3.05) is 25.4 Å².